The van der Waals surface area contributed by atoms with E-state index in [0.717, 1.165) is 23.0 Å². The quantitative estimate of drug-likeness (QED) is 0.485. The minimum absolute atomic E-state index is 0.208. The minimum Gasteiger partial charge on any atom is -0.368 e. The third-order valence-corrected chi connectivity index (χ3v) is 5.71. The van der Waals surface area contributed by atoms with Gasteiger partial charge in [0.1, 0.15) is 17.7 Å². The molecule has 0 saturated carbocycles. The summed E-state index contributed by atoms with van der Waals surface area (Å²) in [4.78, 5) is 20.4. The van der Waals surface area contributed by atoms with Gasteiger partial charge in [0.25, 0.3) is 0 Å². The Morgan fingerprint density at radius 2 is 1.94 bits per heavy atom. The molecule has 1 aliphatic rings. The number of pyridine rings is 1. The molecule has 164 valence electrons. The lowest BCUT2D eigenvalue weighted by molar-refractivity contribution is 0.0367. The third-order valence-electron chi connectivity index (χ3n) is 5.71. The number of morpholine rings is 1. The van der Waals surface area contributed by atoms with Gasteiger partial charge in [-0.15, -0.1) is 0 Å². The Bertz CT molecular complexity index is 1320. The molecule has 0 radical (unpaired) electrons. The molecule has 1 fully saturated rings. The smallest absolute Gasteiger partial charge is 0.228 e. The topological polar surface area (TPSA) is 69.0 Å². The van der Waals surface area contributed by atoms with E-state index >= 15 is 0 Å². The summed E-state index contributed by atoms with van der Waals surface area (Å²) in [6, 6.07) is 5.40. The van der Waals surface area contributed by atoms with E-state index < -0.39 is 11.6 Å². The standard InChI is InChI=1S/C23H22F2N6O/c1-13-8-17-21(16-5-4-15(24)9-18(16)25)28-23(29-22(17)27-14(13)2)31-6-7-32-20(11-31)19-10-30(3)12-26-19/h4-5,8-10,12,20H,6-7,11H2,1-3H3. The fraction of sp³-hybridized carbons (Fsp3) is 0.304. The second-order valence-electron chi connectivity index (χ2n) is 8.03. The van der Waals surface area contributed by atoms with Gasteiger partial charge >= 0.3 is 0 Å². The molecule has 0 spiro atoms. The molecule has 0 aliphatic carbocycles. The lowest BCUT2D eigenvalue weighted by Gasteiger charge is -2.32. The van der Waals surface area contributed by atoms with Crippen molar-refractivity contribution in [2.45, 2.75) is 20.0 Å². The molecule has 9 heteroatoms. The van der Waals surface area contributed by atoms with Crippen LogP contribution in [0.4, 0.5) is 14.7 Å². The van der Waals surface area contributed by atoms with E-state index in [0.29, 0.717) is 42.4 Å². The molecule has 1 saturated heterocycles. The number of nitrogens with zero attached hydrogens (tertiary/aromatic N) is 6. The number of rotatable bonds is 3. The molecule has 3 aromatic heterocycles. The first-order valence-electron chi connectivity index (χ1n) is 10.3. The van der Waals surface area contributed by atoms with Crippen molar-refractivity contribution in [3.8, 4) is 11.3 Å². The van der Waals surface area contributed by atoms with Crippen LogP contribution in [-0.4, -0.2) is 44.2 Å². The normalized spacial score (nSPS) is 16.7. The van der Waals surface area contributed by atoms with Crippen LogP contribution in [0.5, 0.6) is 0 Å². The number of anilines is 1. The Balaban J connectivity index is 1.62. The fourth-order valence-electron chi connectivity index (χ4n) is 3.87. The molecule has 0 bridgehead atoms. The van der Waals surface area contributed by atoms with Crippen LogP contribution in [0.15, 0.2) is 36.8 Å². The number of benzene rings is 1. The summed E-state index contributed by atoms with van der Waals surface area (Å²) in [6.07, 6.45) is 3.42. The van der Waals surface area contributed by atoms with Crippen LogP contribution in [0, 0.1) is 25.5 Å². The highest BCUT2D eigenvalue weighted by Gasteiger charge is 2.27. The van der Waals surface area contributed by atoms with Gasteiger partial charge in [-0.05, 0) is 37.6 Å². The van der Waals surface area contributed by atoms with E-state index in [4.69, 9.17) is 14.7 Å². The Kier molecular flexibility index (Phi) is 5.05. The predicted molar refractivity (Wildman–Crippen MR) is 116 cm³/mol. The van der Waals surface area contributed by atoms with Crippen molar-refractivity contribution >= 4 is 17.0 Å². The first-order chi connectivity index (χ1) is 15.4. The number of fused-ring (bicyclic) bond motifs is 1. The zero-order valence-electron chi connectivity index (χ0n) is 18.0. The zero-order chi connectivity index (χ0) is 22.4. The number of aryl methyl sites for hydroxylation is 3. The van der Waals surface area contributed by atoms with Crippen molar-refractivity contribution in [1.82, 2.24) is 24.5 Å². The van der Waals surface area contributed by atoms with E-state index in [1.807, 2.05) is 42.6 Å². The van der Waals surface area contributed by atoms with E-state index in [1.54, 1.807) is 6.33 Å². The first-order valence-corrected chi connectivity index (χ1v) is 10.3. The van der Waals surface area contributed by atoms with Crippen LogP contribution >= 0.6 is 0 Å². The molecule has 4 aromatic rings. The molecular formula is C23H22F2N6O. The fourth-order valence-corrected chi connectivity index (χ4v) is 3.87. The second kappa shape index (κ2) is 7.90. The van der Waals surface area contributed by atoms with E-state index in [-0.39, 0.29) is 11.7 Å². The summed E-state index contributed by atoms with van der Waals surface area (Å²) in [6.45, 7) is 5.38. The van der Waals surface area contributed by atoms with Crippen LogP contribution in [0.1, 0.15) is 23.1 Å². The summed E-state index contributed by atoms with van der Waals surface area (Å²) in [5.41, 5.74) is 3.67. The van der Waals surface area contributed by atoms with Crippen LogP contribution in [-0.2, 0) is 11.8 Å². The van der Waals surface area contributed by atoms with Crippen molar-refractivity contribution < 1.29 is 13.5 Å². The van der Waals surface area contributed by atoms with Crippen molar-refractivity contribution in [2.24, 2.45) is 7.05 Å². The zero-order valence-corrected chi connectivity index (χ0v) is 18.0. The molecule has 5 rings (SSSR count). The third kappa shape index (κ3) is 3.69. The van der Waals surface area contributed by atoms with Crippen LogP contribution < -0.4 is 4.90 Å². The van der Waals surface area contributed by atoms with E-state index in [9.17, 15) is 8.78 Å². The van der Waals surface area contributed by atoms with Crippen molar-refractivity contribution in [1.29, 1.82) is 0 Å². The highest BCUT2D eigenvalue weighted by atomic mass is 19.1. The van der Waals surface area contributed by atoms with Crippen LogP contribution in [0.3, 0.4) is 0 Å². The van der Waals surface area contributed by atoms with E-state index in [2.05, 4.69) is 9.97 Å². The summed E-state index contributed by atoms with van der Waals surface area (Å²) in [7, 11) is 1.91. The van der Waals surface area contributed by atoms with Gasteiger partial charge in [-0.1, -0.05) is 0 Å². The van der Waals surface area contributed by atoms with Gasteiger partial charge < -0.3 is 14.2 Å². The molecule has 32 heavy (non-hydrogen) atoms. The van der Waals surface area contributed by atoms with Gasteiger partial charge in [-0.25, -0.2) is 23.7 Å². The molecular weight excluding hydrogens is 414 g/mol. The Hall–Kier alpha value is -3.46. The second-order valence-corrected chi connectivity index (χ2v) is 8.03. The summed E-state index contributed by atoms with van der Waals surface area (Å²) in [5.74, 6) is -0.889. The van der Waals surface area contributed by atoms with Crippen molar-refractivity contribution in [3.05, 3.63) is 65.4 Å². The average Bonchev–Trinajstić information content (AvgIpc) is 3.21. The summed E-state index contributed by atoms with van der Waals surface area (Å²) < 4.78 is 36.1. The number of imidazole rings is 1. The van der Waals surface area contributed by atoms with E-state index in [1.165, 1.54) is 12.1 Å². The molecule has 7 nitrogen and oxygen atoms in total. The highest BCUT2D eigenvalue weighted by Crippen LogP contribution is 2.32. The lowest BCUT2D eigenvalue weighted by atomic mass is 10.1. The SMILES string of the molecule is Cc1cc2c(-c3ccc(F)cc3F)nc(N3CCOC(c4cn(C)cn4)C3)nc2nc1C. The van der Waals surface area contributed by atoms with Gasteiger partial charge in [0, 0.05) is 42.5 Å². The number of aromatic nitrogens is 5. The molecule has 1 atom stereocenters. The monoisotopic (exact) mass is 436 g/mol. The predicted octanol–water partition coefficient (Wildman–Crippen LogP) is 3.90. The molecule has 0 N–H and O–H groups in total. The maximum absolute atomic E-state index is 14.7. The molecule has 1 unspecified atom stereocenters. The molecule has 0 amide bonds. The molecule has 1 aliphatic heterocycles. The Morgan fingerprint density at radius 1 is 1.09 bits per heavy atom. The molecule has 4 heterocycles. The maximum Gasteiger partial charge on any atom is 0.228 e. The summed E-state index contributed by atoms with van der Waals surface area (Å²) in [5, 5.41) is 0.622. The van der Waals surface area contributed by atoms with Gasteiger partial charge in [0.05, 0.1) is 30.9 Å². The largest absolute Gasteiger partial charge is 0.368 e. The Morgan fingerprint density at radius 3 is 2.69 bits per heavy atom. The van der Waals surface area contributed by atoms with Crippen molar-refractivity contribution in [3.63, 3.8) is 0 Å². The van der Waals surface area contributed by atoms with Gasteiger partial charge in [-0.2, -0.15) is 4.98 Å². The number of hydrogen-bond acceptors (Lipinski definition) is 6. The van der Waals surface area contributed by atoms with Crippen LogP contribution in [0.25, 0.3) is 22.3 Å². The van der Waals surface area contributed by atoms with Gasteiger partial charge in [-0.3, -0.25) is 0 Å². The maximum atomic E-state index is 14.7. The Labute approximate surface area is 183 Å². The first kappa shape index (κ1) is 20.4. The van der Waals surface area contributed by atoms with Crippen LogP contribution in [0.2, 0.25) is 0 Å². The molecule has 1 aromatic carbocycles. The number of hydrogen-bond donors (Lipinski definition) is 0. The average molecular weight is 436 g/mol. The number of ether oxygens (including phenoxy) is 1. The summed E-state index contributed by atoms with van der Waals surface area (Å²) >= 11 is 0. The van der Waals surface area contributed by atoms with Gasteiger partial charge in [0.2, 0.25) is 5.95 Å². The van der Waals surface area contributed by atoms with Crippen molar-refractivity contribution in [2.75, 3.05) is 24.6 Å². The highest BCUT2D eigenvalue weighted by molar-refractivity contribution is 5.92. The minimum atomic E-state index is -0.678. The number of halogens is 2. The lowest BCUT2D eigenvalue weighted by Crippen LogP contribution is -2.39. The van der Waals surface area contributed by atoms with Gasteiger partial charge in [0.15, 0.2) is 5.65 Å².